The summed E-state index contributed by atoms with van der Waals surface area (Å²) in [6.07, 6.45) is 1.62. The zero-order valence-corrected chi connectivity index (χ0v) is 17.5. The highest BCUT2D eigenvalue weighted by Gasteiger charge is 2.21. The smallest absolute Gasteiger partial charge is 0.350 e. The lowest BCUT2D eigenvalue weighted by molar-refractivity contribution is 0.0479. The third-order valence-corrected chi connectivity index (χ3v) is 6.48. The van der Waals surface area contributed by atoms with Crippen molar-refractivity contribution in [1.29, 1.82) is 0 Å². The van der Waals surface area contributed by atoms with Crippen LogP contribution in [0.1, 0.15) is 37.2 Å². The number of carbonyl (C=O) groups excluding carboxylic acids is 2. The van der Waals surface area contributed by atoms with E-state index in [1.54, 1.807) is 12.3 Å². The Bertz CT molecular complexity index is 1200. The first kappa shape index (κ1) is 19.5. The molecule has 0 N–H and O–H groups in total. The van der Waals surface area contributed by atoms with Gasteiger partial charge < -0.3 is 13.7 Å². The number of carbonyl (C=O) groups is 2. The normalized spacial score (nSPS) is 11.1. The van der Waals surface area contributed by atoms with Crippen LogP contribution in [-0.2, 0) is 11.3 Å². The largest absolute Gasteiger partial charge is 0.467 e. The lowest BCUT2D eigenvalue weighted by Gasteiger charge is -2.08. The summed E-state index contributed by atoms with van der Waals surface area (Å²) in [7, 11) is 0. The minimum Gasteiger partial charge on any atom is -0.467 e. The van der Waals surface area contributed by atoms with Crippen molar-refractivity contribution in [3.8, 4) is 0 Å². The molecule has 0 saturated carbocycles. The zero-order chi connectivity index (χ0) is 20.5. The number of thiophene rings is 1. The maximum atomic E-state index is 12.7. The standard InChI is InChI=1S/C22H18ClNO4S/c1-13-10-17(14(2)24(13)11-15-6-5-9-27-15)18(25)12-28-22(26)21-20(23)16-7-3-4-8-19(16)29-21/h3-10H,11-12H2,1-2H3. The summed E-state index contributed by atoms with van der Waals surface area (Å²) in [5.41, 5.74) is 2.27. The predicted octanol–water partition coefficient (Wildman–Crippen LogP) is 5.65. The zero-order valence-electron chi connectivity index (χ0n) is 15.9. The van der Waals surface area contributed by atoms with Crippen molar-refractivity contribution >= 4 is 44.8 Å². The van der Waals surface area contributed by atoms with Crippen molar-refractivity contribution in [2.45, 2.75) is 20.4 Å². The monoisotopic (exact) mass is 427 g/mol. The third kappa shape index (κ3) is 3.73. The fraction of sp³-hybridized carbons (Fsp3) is 0.182. The van der Waals surface area contributed by atoms with Crippen molar-refractivity contribution in [3.63, 3.8) is 0 Å². The lowest BCUT2D eigenvalue weighted by atomic mass is 10.1. The van der Waals surface area contributed by atoms with Gasteiger partial charge in [-0.15, -0.1) is 11.3 Å². The van der Waals surface area contributed by atoms with E-state index in [9.17, 15) is 9.59 Å². The van der Waals surface area contributed by atoms with Crippen molar-refractivity contribution in [2.24, 2.45) is 0 Å². The van der Waals surface area contributed by atoms with Crippen molar-refractivity contribution in [3.05, 3.63) is 81.3 Å². The van der Waals surface area contributed by atoms with E-state index < -0.39 is 5.97 Å². The molecule has 0 unspecified atom stereocenters. The van der Waals surface area contributed by atoms with Gasteiger partial charge in [-0.25, -0.2) is 4.79 Å². The minimum atomic E-state index is -0.589. The van der Waals surface area contributed by atoms with Crippen LogP contribution in [0.2, 0.25) is 5.02 Å². The van der Waals surface area contributed by atoms with Crippen molar-refractivity contribution in [1.82, 2.24) is 4.57 Å². The second-order valence-electron chi connectivity index (χ2n) is 6.69. The maximum absolute atomic E-state index is 12.7. The highest BCUT2D eigenvalue weighted by atomic mass is 35.5. The van der Waals surface area contributed by atoms with E-state index in [0.717, 1.165) is 27.2 Å². The van der Waals surface area contributed by atoms with E-state index in [2.05, 4.69) is 0 Å². The van der Waals surface area contributed by atoms with E-state index in [-0.39, 0.29) is 12.4 Å². The number of ketones is 1. The van der Waals surface area contributed by atoms with E-state index in [0.29, 0.717) is 22.0 Å². The van der Waals surface area contributed by atoms with E-state index in [1.807, 2.05) is 54.8 Å². The van der Waals surface area contributed by atoms with Gasteiger partial charge in [0, 0.05) is 27.0 Å². The second-order valence-corrected chi connectivity index (χ2v) is 8.12. The number of halogens is 1. The van der Waals surface area contributed by atoms with Gasteiger partial charge in [-0.1, -0.05) is 29.8 Å². The van der Waals surface area contributed by atoms with Crippen LogP contribution in [0.3, 0.4) is 0 Å². The molecule has 0 radical (unpaired) electrons. The number of nitrogens with zero attached hydrogens (tertiary/aromatic N) is 1. The molecular weight excluding hydrogens is 410 g/mol. The summed E-state index contributed by atoms with van der Waals surface area (Å²) < 4.78 is 13.6. The van der Waals surface area contributed by atoms with Crippen LogP contribution < -0.4 is 0 Å². The Balaban J connectivity index is 1.48. The Morgan fingerprint density at radius 1 is 1.17 bits per heavy atom. The summed E-state index contributed by atoms with van der Waals surface area (Å²) in [6.45, 7) is 3.99. The molecule has 1 aromatic carbocycles. The Labute approximate surface area is 176 Å². The van der Waals surface area contributed by atoms with Crippen LogP contribution >= 0.6 is 22.9 Å². The molecule has 0 amide bonds. The third-order valence-electron chi connectivity index (χ3n) is 4.82. The fourth-order valence-electron chi connectivity index (χ4n) is 3.30. The molecule has 0 saturated heterocycles. The lowest BCUT2D eigenvalue weighted by Crippen LogP contribution is -2.14. The molecular formula is C22H18ClNO4S. The van der Waals surface area contributed by atoms with Crippen LogP contribution in [0.5, 0.6) is 0 Å². The van der Waals surface area contributed by atoms with Gasteiger partial charge in [0.15, 0.2) is 6.61 Å². The Hall–Kier alpha value is -2.83. The maximum Gasteiger partial charge on any atom is 0.350 e. The Kier molecular flexibility index (Phi) is 5.30. The molecule has 3 aromatic heterocycles. The molecule has 0 aliphatic rings. The number of hydrogen-bond acceptors (Lipinski definition) is 5. The first-order valence-corrected chi connectivity index (χ1v) is 10.2. The van der Waals surface area contributed by atoms with Crippen LogP contribution in [-0.4, -0.2) is 22.9 Å². The predicted molar refractivity (Wildman–Crippen MR) is 113 cm³/mol. The molecule has 0 fully saturated rings. The van der Waals surface area contributed by atoms with Gasteiger partial charge in [0.2, 0.25) is 5.78 Å². The van der Waals surface area contributed by atoms with E-state index >= 15 is 0 Å². The Morgan fingerprint density at radius 2 is 1.97 bits per heavy atom. The number of aryl methyl sites for hydroxylation is 1. The van der Waals surface area contributed by atoms with Crippen molar-refractivity contribution < 1.29 is 18.7 Å². The highest BCUT2D eigenvalue weighted by molar-refractivity contribution is 7.21. The number of fused-ring (bicyclic) bond motifs is 1. The molecule has 148 valence electrons. The van der Waals surface area contributed by atoms with E-state index in [4.69, 9.17) is 20.8 Å². The summed E-state index contributed by atoms with van der Waals surface area (Å²) in [5.74, 6) is -0.0417. The Morgan fingerprint density at radius 3 is 2.69 bits per heavy atom. The summed E-state index contributed by atoms with van der Waals surface area (Å²) >= 11 is 7.57. The van der Waals surface area contributed by atoms with Gasteiger partial charge in [0.25, 0.3) is 0 Å². The van der Waals surface area contributed by atoms with Gasteiger partial charge in [-0.2, -0.15) is 0 Å². The van der Waals surface area contributed by atoms with Gasteiger partial charge in [0.1, 0.15) is 10.6 Å². The summed E-state index contributed by atoms with van der Waals surface area (Å²) in [5, 5.41) is 1.17. The molecule has 0 atom stereocenters. The highest BCUT2D eigenvalue weighted by Crippen LogP contribution is 2.35. The molecule has 0 spiro atoms. The number of furan rings is 1. The van der Waals surface area contributed by atoms with Gasteiger partial charge >= 0.3 is 5.97 Å². The molecule has 3 heterocycles. The number of ether oxygens (including phenoxy) is 1. The van der Waals surface area contributed by atoms with Gasteiger partial charge in [-0.3, -0.25) is 4.79 Å². The molecule has 0 aliphatic carbocycles. The number of aromatic nitrogens is 1. The van der Waals surface area contributed by atoms with E-state index in [1.165, 1.54) is 11.3 Å². The van der Waals surface area contributed by atoms with Gasteiger partial charge in [-0.05, 0) is 38.1 Å². The second kappa shape index (κ2) is 7.89. The quantitative estimate of drug-likeness (QED) is 0.294. The average Bonchev–Trinajstić information content (AvgIpc) is 3.42. The molecule has 5 nitrogen and oxygen atoms in total. The molecule has 7 heteroatoms. The summed E-state index contributed by atoms with van der Waals surface area (Å²) in [6, 6.07) is 13.0. The number of benzene rings is 1. The van der Waals surface area contributed by atoms with Gasteiger partial charge in [0.05, 0.1) is 17.8 Å². The molecule has 4 aromatic rings. The fourth-order valence-corrected chi connectivity index (χ4v) is 4.71. The molecule has 29 heavy (non-hydrogen) atoms. The van der Waals surface area contributed by atoms with Crippen LogP contribution in [0, 0.1) is 13.8 Å². The molecule has 4 rings (SSSR count). The first-order chi connectivity index (χ1) is 14.0. The minimum absolute atomic E-state index is 0.255. The average molecular weight is 428 g/mol. The number of Topliss-reactive ketones (excluding diaryl/α,β-unsaturated/α-hetero) is 1. The number of hydrogen-bond donors (Lipinski definition) is 0. The van der Waals surface area contributed by atoms with Crippen LogP contribution in [0.4, 0.5) is 0 Å². The molecule has 0 aliphatic heterocycles. The SMILES string of the molecule is Cc1cc(C(=O)COC(=O)c2sc3ccccc3c2Cl)c(C)n1Cc1ccco1. The summed E-state index contributed by atoms with van der Waals surface area (Å²) in [4.78, 5) is 25.5. The van der Waals surface area contributed by atoms with Crippen LogP contribution in [0.15, 0.2) is 53.1 Å². The topological polar surface area (TPSA) is 61.4 Å². The first-order valence-electron chi connectivity index (χ1n) is 9.02. The number of esters is 1. The number of rotatable bonds is 6. The van der Waals surface area contributed by atoms with Crippen molar-refractivity contribution in [2.75, 3.05) is 6.61 Å². The molecule has 0 bridgehead atoms. The van der Waals surface area contributed by atoms with Crippen LogP contribution in [0.25, 0.3) is 10.1 Å².